The molecule has 1 saturated heterocycles. The lowest BCUT2D eigenvalue weighted by Crippen LogP contribution is -2.41. The average Bonchev–Trinajstić information content (AvgIpc) is 2.39. The molecule has 1 unspecified atom stereocenters. The van der Waals surface area contributed by atoms with Crippen LogP contribution in [0, 0.1) is 5.92 Å². The number of aliphatic carboxylic acids is 1. The quantitative estimate of drug-likeness (QED) is 0.888. The van der Waals surface area contributed by atoms with Crippen LogP contribution in [0.15, 0.2) is 24.5 Å². The van der Waals surface area contributed by atoms with Crippen LogP contribution < -0.4 is 0 Å². The molecule has 0 aliphatic carbocycles. The van der Waals surface area contributed by atoms with Crippen LogP contribution in [-0.2, 0) is 16.0 Å². The molecule has 1 aromatic rings. The SMILES string of the molecule is O=C(O)CC1CCCN(C(=O)Cc2cccnc2)C1. The summed E-state index contributed by atoms with van der Waals surface area (Å²) in [5, 5.41) is 8.81. The highest BCUT2D eigenvalue weighted by molar-refractivity contribution is 5.78. The van der Waals surface area contributed by atoms with Crippen molar-refractivity contribution in [2.75, 3.05) is 13.1 Å². The van der Waals surface area contributed by atoms with E-state index in [1.54, 1.807) is 17.3 Å². The van der Waals surface area contributed by atoms with Crippen molar-refractivity contribution in [3.05, 3.63) is 30.1 Å². The standard InChI is InChI=1S/C14H18N2O3/c17-13(7-11-3-1-5-15-9-11)16-6-2-4-12(10-16)8-14(18)19/h1,3,5,9,12H,2,4,6-8,10H2,(H,18,19). The summed E-state index contributed by atoms with van der Waals surface area (Å²) in [7, 11) is 0. The fraction of sp³-hybridized carbons (Fsp3) is 0.500. The fourth-order valence-electron chi connectivity index (χ4n) is 2.49. The number of carboxylic acid groups (broad SMARTS) is 1. The van der Waals surface area contributed by atoms with E-state index >= 15 is 0 Å². The second-order valence-corrected chi connectivity index (χ2v) is 4.98. The third kappa shape index (κ3) is 4.05. The van der Waals surface area contributed by atoms with Crippen molar-refractivity contribution in [1.82, 2.24) is 9.88 Å². The van der Waals surface area contributed by atoms with Gasteiger partial charge < -0.3 is 10.0 Å². The van der Waals surface area contributed by atoms with Gasteiger partial charge in [-0.05, 0) is 30.4 Å². The Morgan fingerprint density at radius 2 is 2.32 bits per heavy atom. The minimum Gasteiger partial charge on any atom is -0.481 e. The molecule has 2 heterocycles. The molecule has 102 valence electrons. The monoisotopic (exact) mass is 262 g/mol. The molecule has 5 heteroatoms. The van der Waals surface area contributed by atoms with Gasteiger partial charge in [-0.15, -0.1) is 0 Å². The molecule has 1 atom stereocenters. The molecule has 2 rings (SSSR count). The van der Waals surface area contributed by atoms with Crippen LogP contribution in [0.3, 0.4) is 0 Å². The number of amides is 1. The van der Waals surface area contributed by atoms with E-state index in [1.165, 1.54) is 0 Å². The van der Waals surface area contributed by atoms with Crippen molar-refractivity contribution in [2.45, 2.75) is 25.7 Å². The maximum absolute atomic E-state index is 12.1. The van der Waals surface area contributed by atoms with Crippen molar-refractivity contribution in [3.8, 4) is 0 Å². The minimum absolute atomic E-state index is 0.0584. The third-order valence-electron chi connectivity index (χ3n) is 3.41. The van der Waals surface area contributed by atoms with Gasteiger partial charge in [-0.1, -0.05) is 6.07 Å². The van der Waals surface area contributed by atoms with Gasteiger partial charge in [0, 0.05) is 31.9 Å². The maximum Gasteiger partial charge on any atom is 0.303 e. The highest BCUT2D eigenvalue weighted by Crippen LogP contribution is 2.20. The smallest absolute Gasteiger partial charge is 0.303 e. The topological polar surface area (TPSA) is 70.5 Å². The van der Waals surface area contributed by atoms with Crippen molar-refractivity contribution in [1.29, 1.82) is 0 Å². The number of pyridine rings is 1. The Hall–Kier alpha value is -1.91. The predicted octanol–water partition coefficient (Wildman–Crippen LogP) is 1.34. The van der Waals surface area contributed by atoms with Gasteiger partial charge in [-0.3, -0.25) is 14.6 Å². The molecule has 1 N–H and O–H groups in total. The van der Waals surface area contributed by atoms with Crippen molar-refractivity contribution in [3.63, 3.8) is 0 Å². The Morgan fingerprint density at radius 3 is 3.00 bits per heavy atom. The van der Waals surface area contributed by atoms with E-state index in [-0.39, 0.29) is 18.2 Å². The summed E-state index contributed by atoms with van der Waals surface area (Å²) in [4.78, 5) is 28.6. The molecule has 0 spiro atoms. The van der Waals surface area contributed by atoms with Crippen LogP contribution >= 0.6 is 0 Å². The van der Waals surface area contributed by atoms with Gasteiger partial charge in [-0.25, -0.2) is 0 Å². The first-order valence-corrected chi connectivity index (χ1v) is 6.53. The summed E-state index contributed by atoms with van der Waals surface area (Å²) in [6.45, 7) is 1.29. The van der Waals surface area contributed by atoms with Gasteiger partial charge in [0.2, 0.25) is 5.91 Å². The first-order valence-electron chi connectivity index (χ1n) is 6.53. The van der Waals surface area contributed by atoms with E-state index in [4.69, 9.17) is 5.11 Å². The molecule has 0 aromatic carbocycles. The highest BCUT2D eigenvalue weighted by Gasteiger charge is 2.25. The third-order valence-corrected chi connectivity index (χ3v) is 3.41. The van der Waals surface area contributed by atoms with Gasteiger partial charge in [-0.2, -0.15) is 0 Å². The predicted molar refractivity (Wildman–Crippen MR) is 69.5 cm³/mol. The van der Waals surface area contributed by atoms with Gasteiger partial charge in [0.05, 0.1) is 6.42 Å². The van der Waals surface area contributed by atoms with E-state index in [0.29, 0.717) is 13.0 Å². The van der Waals surface area contributed by atoms with Crippen LogP contribution in [0.5, 0.6) is 0 Å². The summed E-state index contributed by atoms with van der Waals surface area (Å²) in [6.07, 6.45) is 5.64. The van der Waals surface area contributed by atoms with Gasteiger partial charge in [0.1, 0.15) is 0 Å². The largest absolute Gasteiger partial charge is 0.481 e. The van der Waals surface area contributed by atoms with Crippen LogP contribution in [0.2, 0.25) is 0 Å². The number of carboxylic acids is 1. The van der Waals surface area contributed by atoms with Crippen LogP contribution in [0.25, 0.3) is 0 Å². The van der Waals surface area contributed by atoms with E-state index in [1.807, 2.05) is 12.1 Å². The molecule has 0 bridgehead atoms. The van der Waals surface area contributed by atoms with E-state index in [0.717, 1.165) is 24.9 Å². The first-order chi connectivity index (χ1) is 9.15. The molecule has 5 nitrogen and oxygen atoms in total. The summed E-state index contributed by atoms with van der Waals surface area (Å²) in [6, 6.07) is 3.69. The zero-order valence-corrected chi connectivity index (χ0v) is 10.8. The number of nitrogens with zero attached hydrogens (tertiary/aromatic N) is 2. The second-order valence-electron chi connectivity index (χ2n) is 4.98. The minimum atomic E-state index is -0.786. The van der Waals surface area contributed by atoms with Crippen LogP contribution in [0.1, 0.15) is 24.8 Å². The molecule has 1 fully saturated rings. The number of carbonyl (C=O) groups excluding carboxylic acids is 1. The molecule has 1 aromatic heterocycles. The summed E-state index contributed by atoms with van der Waals surface area (Å²) < 4.78 is 0. The molecule has 0 radical (unpaired) electrons. The zero-order chi connectivity index (χ0) is 13.7. The van der Waals surface area contributed by atoms with Gasteiger partial charge >= 0.3 is 5.97 Å². The summed E-state index contributed by atoms with van der Waals surface area (Å²) >= 11 is 0. The summed E-state index contributed by atoms with van der Waals surface area (Å²) in [5.41, 5.74) is 0.896. The molecular weight excluding hydrogens is 244 g/mol. The van der Waals surface area contributed by atoms with E-state index in [2.05, 4.69) is 4.98 Å². The first kappa shape index (κ1) is 13.5. The lowest BCUT2D eigenvalue weighted by atomic mass is 9.94. The number of hydrogen-bond acceptors (Lipinski definition) is 3. The Labute approximate surface area is 112 Å². The number of likely N-dealkylation sites (tertiary alicyclic amines) is 1. The van der Waals surface area contributed by atoms with Crippen molar-refractivity contribution in [2.24, 2.45) is 5.92 Å². The van der Waals surface area contributed by atoms with Crippen LogP contribution in [0.4, 0.5) is 0 Å². The maximum atomic E-state index is 12.1. The lowest BCUT2D eigenvalue weighted by Gasteiger charge is -2.32. The van der Waals surface area contributed by atoms with Crippen LogP contribution in [-0.4, -0.2) is 40.0 Å². The Kier molecular flexibility index (Phi) is 4.49. The van der Waals surface area contributed by atoms with Crippen molar-refractivity contribution >= 4 is 11.9 Å². The molecule has 1 amide bonds. The number of hydrogen-bond donors (Lipinski definition) is 1. The van der Waals surface area contributed by atoms with E-state index in [9.17, 15) is 9.59 Å². The normalized spacial score (nSPS) is 19.2. The number of aromatic nitrogens is 1. The fourth-order valence-corrected chi connectivity index (χ4v) is 2.49. The number of rotatable bonds is 4. The Bertz CT molecular complexity index is 447. The lowest BCUT2D eigenvalue weighted by molar-refractivity contribution is -0.140. The Balaban J connectivity index is 1.90. The zero-order valence-electron chi connectivity index (χ0n) is 10.8. The average molecular weight is 262 g/mol. The molecule has 0 saturated carbocycles. The van der Waals surface area contributed by atoms with Gasteiger partial charge in [0.15, 0.2) is 0 Å². The highest BCUT2D eigenvalue weighted by atomic mass is 16.4. The van der Waals surface area contributed by atoms with Crippen molar-refractivity contribution < 1.29 is 14.7 Å². The summed E-state index contributed by atoms with van der Waals surface area (Å²) in [5.74, 6) is -0.640. The van der Waals surface area contributed by atoms with Gasteiger partial charge in [0.25, 0.3) is 0 Å². The Morgan fingerprint density at radius 1 is 1.47 bits per heavy atom. The molecule has 1 aliphatic rings. The molecule has 19 heavy (non-hydrogen) atoms. The molecular formula is C14H18N2O3. The second kappa shape index (κ2) is 6.31. The molecule has 1 aliphatic heterocycles. The number of carbonyl (C=O) groups is 2. The number of piperidine rings is 1. The van der Waals surface area contributed by atoms with E-state index < -0.39 is 5.97 Å².